The third kappa shape index (κ3) is 3.21. The summed E-state index contributed by atoms with van der Waals surface area (Å²) in [5.74, 6) is -0.383. The van der Waals surface area contributed by atoms with E-state index in [0.717, 1.165) is 16.5 Å². The van der Waals surface area contributed by atoms with Gasteiger partial charge < -0.3 is 10.3 Å². The van der Waals surface area contributed by atoms with Gasteiger partial charge in [-0.3, -0.25) is 14.9 Å². The molecule has 0 spiro atoms. The van der Waals surface area contributed by atoms with E-state index in [2.05, 4.69) is 21.2 Å². The van der Waals surface area contributed by atoms with Crippen LogP contribution in [0, 0.1) is 10.1 Å². The second-order valence-corrected chi connectivity index (χ2v) is 6.31. The van der Waals surface area contributed by atoms with E-state index in [4.69, 9.17) is 11.6 Å². The molecule has 9 heteroatoms. The van der Waals surface area contributed by atoms with Gasteiger partial charge in [-0.1, -0.05) is 11.6 Å². The zero-order valence-electron chi connectivity index (χ0n) is 13.0. The minimum atomic E-state index is -0.989. The molecule has 1 saturated heterocycles. The van der Waals surface area contributed by atoms with Gasteiger partial charge in [0.05, 0.1) is 6.04 Å². The van der Waals surface area contributed by atoms with E-state index in [1.165, 1.54) is 0 Å². The molecule has 1 aliphatic heterocycles. The van der Waals surface area contributed by atoms with Crippen molar-refractivity contribution >= 4 is 28.4 Å². The first-order valence-electron chi connectivity index (χ1n) is 7.65. The van der Waals surface area contributed by atoms with Crippen LogP contribution in [0.4, 0.5) is 0 Å². The maximum atomic E-state index is 12.2. The number of H-pyrrole nitrogens is 1. The molecule has 8 nitrogen and oxygen atoms in total. The zero-order valence-corrected chi connectivity index (χ0v) is 13.8. The number of rotatable bonds is 5. The molecular formula is C15H18ClN5O3. The van der Waals surface area contributed by atoms with Gasteiger partial charge in [-0.25, -0.2) is 10.9 Å². The molecule has 0 aliphatic carbocycles. The van der Waals surface area contributed by atoms with E-state index in [-0.39, 0.29) is 5.91 Å². The Balaban J connectivity index is 1.60. The van der Waals surface area contributed by atoms with E-state index >= 15 is 0 Å². The highest BCUT2D eigenvalue weighted by Crippen LogP contribution is 2.22. The summed E-state index contributed by atoms with van der Waals surface area (Å²) in [6, 6.07) is 3.30. The first-order valence-corrected chi connectivity index (χ1v) is 8.03. The molecular weight excluding hydrogens is 334 g/mol. The molecule has 4 N–H and O–H groups in total. The highest BCUT2D eigenvalue weighted by atomic mass is 35.5. The molecule has 1 aromatic heterocycles. The average Bonchev–Trinajstić information content (AvgIpc) is 3.11. The summed E-state index contributed by atoms with van der Waals surface area (Å²) < 4.78 is 0. The number of hydrazine groups is 1. The van der Waals surface area contributed by atoms with Crippen LogP contribution in [0.15, 0.2) is 24.4 Å². The van der Waals surface area contributed by atoms with Gasteiger partial charge in [-0.2, -0.15) is 0 Å². The van der Waals surface area contributed by atoms with Crippen LogP contribution in [0.1, 0.15) is 12.5 Å². The predicted octanol–water partition coefficient (Wildman–Crippen LogP) is 0.990. The Kier molecular flexibility index (Phi) is 4.70. The maximum Gasteiger partial charge on any atom is 0.254 e. The Bertz CT molecular complexity index is 778. The second-order valence-electron chi connectivity index (χ2n) is 5.88. The number of benzene rings is 1. The number of hydrogen-bond donors (Lipinski definition) is 4. The van der Waals surface area contributed by atoms with Crippen LogP contribution < -0.4 is 16.2 Å². The molecule has 3 atom stereocenters. The number of nitrogens with zero attached hydrogens (tertiary/aromatic N) is 1. The van der Waals surface area contributed by atoms with Gasteiger partial charge in [0.1, 0.15) is 0 Å². The molecule has 1 amide bonds. The second kappa shape index (κ2) is 6.76. The molecule has 3 unspecified atom stereocenters. The van der Waals surface area contributed by atoms with Crippen LogP contribution in [0.3, 0.4) is 0 Å². The molecule has 1 aromatic carbocycles. The monoisotopic (exact) mass is 351 g/mol. The van der Waals surface area contributed by atoms with Crippen LogP contribution in [0.25, 0.3) is 10.9 Å². The molecule has 0 radical (unpaired) electrons. The van der Waals surface area contributed by atoms with Gasteiger partial charge in [0.15, 0.2) is 6.04 Å². The molecule has 2 heterocycles. The summed E-state index contributed by atoms with van der Waals surface area (Å²) in [6.07, 6.45) is 2.48. The lowest BCUT2D eigenvalue weighted by molar-refractivity contribution is -0.523. The Morgan fingerprint density at radius 1 is 1.42 bits per heavy atom. The SMILES string of the molecule is CC1NNC(C(=O)NCCc2c[nH]c3ccc(Cl)cc23)C1[N+](=O)[O-]. The number of aromatic nitrogens is 1. The number of amides is 1. The van der Waals surface area contributed by atoms with Gasteiger partial charge in [0.25, 0.3) is 6.04 Å². The third-order valence-electron chi connectivity index (χ3n) is 4.27. The minimum Gasteiger partial charge on any atom is -0.361 e. The van der Waals surface area contributed by atoms with Crippen molar-refractivity contribution in [3.8, 4) is 0 Å². The van der Waals surface area contributed by atoms with Crippen LogP contribution in [-0.2, 0) is 11.2 Å². The van der Waals surface area contributed by atoms with Crippen LogP contribution in [-0.4, -0.2) is 40.5 Å². The summed E-state index contributed by atoms with van der Waals surface area (Å²) >= 11 is 6.01. The molecule has 3 rings (SSSR count). The average molecular weight is 352 g/mol. The Labute approximate surface area is 143 Å². The lowest BCUT2D eigenvalue weighted by Gasteiger charge is -2.13. The van der Waals surface area contributed by atoms with Gasteiger partial charge >= 0.3 is 0 Å². The summed E-state index contributed by atoms with van der Waals surface area (Å²) in [6.45, 7) is 2.05. The van der Waals surface area contributed by atoms with E-state index in [0.29, 0.717) is 18.0 Å². The highest BCUT2D eigenvalue weighted by Gasteiger charge is 2.46. The van der Waals surface area contributed by atoms with Gasteiger partial charge in [0, 0.05) is 33.6 Å². The minimum absolute atomic E-state index is 0.383. The number of hydrogen-bond acceptors (Lipinski definition) is 5. The van der Waals surface area contributed by atoms with Crippen molar-refractivity contribution < 1.29 is 9.72 Å². The third-order valence-corrected chi connectivity index (χ3v) is 4.50. The number of halogens is 1. The molecule has 1 aliphatic rings. The predicted molar refractivity (Wildman–Crippen MR) is 90.3 cm³/mol. The number of nitro groups is 1. The molecule has 1 fully saturated rings. The van der Waals surface area contributed by atoms with Crippen molar-refractivity contribution in [2.45, 2.75) is 31.5 Å². The number of nitrogens with one attached hydrogen (secondary N) is 4. The number of carbonyl (C=O) groups is 1. The summed E-state index contributed by atoms with van der Waals surface area (Å²) in [5, 5.41) is 15.5. The van der Waals surface area contributed by atoms with E-state index in [1.807, 2.05) is 24.4 Å². The number of aromatic amines is 1. The summed E-state index contributed by atoms with van der Waals surface area (Å²) in [5.41, 5.74) is 7.44. The van der Waals surface area contributed by atoms with Crippen LogP contribution in [0.2, 0.25) is 5.02 Å². The quantitative estimate of drug-likeness (QED) is 0.474. The van der Waals surface area contributed by atoms with E-state index in [1.54, 1.807) is 6.92 Å². The van der Waals surface area contributed by atoms with Gasteiger partial charge in [-0.05, 0) is 37.1 Å². The van der Waals surface area contributed by atoms with E-state index < -0.39 is 23.0 Å². The van der Waals surface area contributed by atoms with Crippen molar-refractivity contribution in [2.24, 2.45) is 0 Å². The van der Waals surface area contributed by atoms with Crippen molar-refractivity contribution in [2.75, 3.05) is 6.54 Å². The zero-order chi connectivity index (χ0) is 17.3. The Morgan fingerprint density at radius 3 is 2.96 bits per heavy atom. The normalized spacial score (nSPS) is 23.5. The van der Waals surface area contributed by atoms with Crippen molar-refractivity contribution in [1.29, 1.82) is 0 Å². The smallest absolute Gasteiger partial charge is 0.254 e. The molecule has 128 valence electrons. The fourth-order valence-corrected chi connectivity index (χ4v) is 3.17. The number of fused-ring (bicyclic) bond motifs is 1. The van der Waals surface area contributed by atoms with Crippen molar-refractivity contribution in [3.63, 3.8) is 0 Å². The topological polar surface area (TPSA) is 112 Å². The molecule has 0 bridgehead atoms. The highest BCUT2D eigenvalue weighted by molar-refractivity contribution is 6.31. The standard InChI is InChI=1S/C15H18ClN5O3/c1-8-14(21(23)24)13(20-19-8)15(22)17-5-4-9-7-18-12-3-2-10(16)6-11(9)12/h2-3,6-8,13-14,18-20H,4-5H2,1H3,(H,17,22). The number of carbonyl (C=O) groups excluding carboxylic acids is 1. The first kappa shape index (κ1) is 16.7. The molecule has 24 heavy (non-hydrogen) atoms. The molecule has 2 aromatic rings. The Morgan fingerprint density at radius 2 is 2.21 bits per heavy atom. The summed E-state index contributed by atoms with van der Waals surface area (Å²) in [7, 11) is 0. The fraction of sp³-hybridized carbons (Fsp3) is 0.400. The van der Waals surface area contributed by atoms with Crippen LogP contribution >= 0.6 is 11.6 Å². The van der Waals surface area contributed by atoms with Gasteiger partial charge in [0.2, 0.25) is 5.91 Å². The van der Waals surface area contributed by atoms with Crippen LogP contribution in [0.5, 0.6) is 0 Å². The summed E-state index contributed by atoms with van der Waals surface area (Å²) in [4.78, 5) is 26.0. The van der Waals surface area contributed by atoms with Gasteiger partial charge in [-0.15, -0.1) is 0 Å². The lowest BCUT2D eigenvalue weighted by Crippen LogP contribution is -2.50. The largest absolute Gasteiger partial charge is 0.361 e. The maximum absolute atomic E-state index is 12.2. The first-order chi connectivity index (χ1) is 11.5. The van der Waals surface area contributed by atoms with E-state index in [9.17, 15) is 14.9 Å². The fourth-order valence-electron chi connectivity index (χ4n) is 2.99. The molecule has 0 saturated carbocycles. The lowest BCUT2D eigenvalue weighted by atomic mass is 10.0. The Hall–Kier alpha value is -2.16. The van der Waals surface area contributed by atoms with Crippen molar-refractivity contribution in [1.82, 2.24) is 21.2 Å². The van der Waals surface area contributed by atoms with Crippen molar-refractivity contribution in [3.05, 3.63) is 45.1 Å².